The number of thiazole rings is 1. The molecule has 1 aromatic rings. The average molecular weight is 289 g/mol. The van der Waals surface area contributed by atoms with Crippen LogP contribution in [0.15, 0.2) is 11.6 Å². The van der Waals surface area contributed by atoms with Crippen LogP contribution in [0.2, 0.25) is 0 Å². The van der Waals surface area contributed by atoms with Crippen molar-refractivity contribution in [2.45, 2.75) is 32.1 Å². The molecule has 0 bridgehead atoms. The molecule has 1 aliphatic rings. The zero-order chi connectivity index (χ0) is 12.8. The zero-order valence-corrected chi connectivity index (χ0v) is 12.0. The van der Waals surface area contributed by atoms with E-state index in [2.05, 4.69) is 9.71 Å². The highest BCUT2D eigenvalue weighted by Crippen LogP contribution is 2.12. The number of aromatic nitrogens is 1. The van der Waals surface area contributed by atoms with Gasteiger partial charge in [0.25, 0.3) is 10.2 Å². The van der Waals surface area contributed by atoms with E-state index >= 15 is 0 Å². The lowest BCUT2D eigenvalue weighted by atomic mass is 10.2. The Morgan fingerprint density at radius 2 is 2.00 bits per heavy atom. The van der Waals surface area contributed by atoms with Gasteiger partial charge >= 0.3 is 0 Å². The van der Waals surface area contributed by atoms with E-state index in [1.54, 1.807) is 21.8 Å². The van der Waals surface area contributed by atoms with Gasteiger partial charge in [0.15, 0.2) is 0 Å². The van der Waals surface area contributed by atoms with Gasteiger partial charge in [-0.05, 0) is 12.8 Å². The summed E-state index contributed by atoms with van der Waals surface area (Å²) in [4.78, 5) is 4.13. The summed E-state index contributed by atoms with van der Waals surface area (Å²) in [6, 6.07) is 0. The van der Waals surface area contributed by atoms with Gasteiger partial charge in [0.05, 0.1) is 5.01 Å². The van der Waals surface area contributed by atoms with Gasteiger partial charge in [0, 0.05) is 37.6 Å². The van der Waals surface area contributed by atoms with E-state index in [-0.39, 0.29) is 0 Å². The minimum atomic E-state index is -3.30. The van der Waals surface area contributed by atoms with Crippen molar-refractivity contribution in [3.63, 3.8) is 0 Å². The predicted octanol–water partition coefficient (Wildman–Crippen LogP) is 1.40. The van der Waals surface area contributed by atoms with Crippen molar-refractivity contribution in [2.75, 3.05) is 19.6 Å². The zero-order valence-electron chi connectivity index (χ0n) is 10.3. The van der Waals surface area contributed by atoms with Crippen LogP contribution in [0.25, 0.3) is 0 Å². The second-order valence-electron chi connectivity index (χ2n) is 4.39. The summed E-state index contributed by atoms with van der Waals surface area (Å²) in [6.07, 6.45) is 6.59. The topological polar surface area (TPSA) is 62.3 Å². The highest BCUT2D eigenvalue weighted by Gasteiger charge is 2.22. The molecule has 0 spiro atoms. The fourth-order valence-corrected chi connectivity index (χ4v) is 3.94. The molecular formula is C11H19N3O2S2. The van der Waals surface area contributed by atoms with Crippen molar-refractivity contribution in [3.8, 4) is 0 Å². The Balaban J connectivity index is 1.82. The first kappa shape index (κ1) is 13.9. The van der Waals surface area contributed by atoms with Gasteiger partial charge in [-0.1, -0.05) is 12.8 Å². The second kappa shape index (κ2) is 6.60. The molecule has 102 valence electrons. The Morgan fingerprint density at radius 3 is 2.61 bits per heavy atom. The van der Waals surface area contributed by atoms with Gasteiger partial charge in [-0.25, -0.2) is 9.71 Å². The molecule has 5 nitrogen and oxygen atoms in total. The van der Waals surface area contributed by atoms with Gasteiger partial charge < -0.3 is 0 Å². The predicted molar refractivity (Wildman–Crippen MR) is 72.8 cm³/mol. The van der Waals surface area contributed by atoms with Crippen molar-refractivity contribution in [2.24, 2.45) is 0 Å². The lowest BCUT2D eigenvalue weighted by molar-refractivity contribution is 0.415. The van der Waals surface area contributed by atoms with Crippen molar-refractivity contribution in [3.05, 3.63) is 16.6 Å². The Bertz CT molecular complexity index is 437. The first-order valence-corrected chi connectivity index (χ1v) is 8.63. The maximum absolute atomic E-state index is 12.1. The highest BCUT2D eigenvalue weighted by atomic mass is 32.2. The molecule has 1 saturated heterocycles. The van der Waals surface area contributed by atoms with Crippen molar-refractivity contribution in [1.29, 1.82) is 0 Å². The van der Waals surface area contributed by atoms with Crippen LogP contribution in [0, 0.1) is 0 Å². The molecule has 1 aliphatic heterocycles. The fourth-order valence-electron chi connectivity index (χ4n) is 2.04. The number of nitrogens with one attached hydrogen (secondary N) is 1. The average Bonchev–Trinajstić information content (AvgIpc) is 2.68. The molecule has 0 radical (unpaired) electrons. The Hall–Kier alpha value is -0.500. The number of rotatable bonds is 5. The number of hydrogen-bond donors (Lipinski definition) is 1. The lowest BCUT2D eigenvalue weighted by Gasteiger charge is -2.19. The lowest BCUT2D eigenvalue weighted by Crippen LogP contribution is -2.41. The third-order valence-corrected chi connectivity index (χ3v) is 5.47. The monoisotopic (exact) mass is 289 g/mol. The van der Waals surface area contributed by atoms with Crippen LogP contribution in [0.1, 0.15) is 30.7 Å². The van der Waals surface area contributed by atoms with Gasteiger partial charge in [0.2, 0.25) is 0 Å². The Morgan fingerprint density at radius 1 is 1.28 bits per heavy atom. The molecule has 2 rings (SSSR count). The maximum atomic E-state index is 12.1. The quantitative estimate of drug-likeness (QED) is 0.891. The van der Waals surface area contributed by atoms with Gasteiger partial charge in [-0.15, -0.1) is 11.3 Å². The van der Waals surface area contributed by atoms with E-state index in [0.29, 0.717) is 26.1 Å². The molecule has 0 unspecified atom stereocenters. The van der Waals surface area contributed by atoms with E-state index in [0.717, 1.165) is 30.7 Å². The molecule has 0 aliphatic carbocycles. The van der Waals surface area contributed by atoms with Crippen LogP contribution in [0.5, 0.6) is 0 Å². The molecule has 1 fully saturated rings. The third-order valence-electron chi connectivity index (χ3n) is 3.01. The first-order chi connectivity index (χ1) is 8.68. The van der Waals surface area contributed by atoms with Crippen molar-refractivity contribution < 1.29 is 8.42 Å². The van der Waals surface area contributed by atoms with E-state index in [1.807, 2.05) is 5.38 Å². The molecule has 1 N–H and O–H groups in total. The Kier molecular flexibility index (Phi) is 5.11. The molecule has 0 amide bonds. The van der Waals surface area contributed by atoms with Gasteiger partial charge in [0.1, 0.15) is 0 Å². The standard InChI is InChI=1S/C11H19N3O2S2/c15-18(16,14-8-3-1-2-4-9-14)13-6-5-11-12-7-10-17-11/h7,10,13H,1-6,8-9H2. The van der Waals surface area contributed by atoms with Crippen LogP contribution >= 0.6 is 11.3 Å². The fraction of sp³-hybridized carbons (Fsp3) is 0.727. The summed E-state index contributed by atoms with van der Waals surface area (Å²) in [5.41, 5.74) is 0. The normalized spacial score (nSPS) is 18.7. The maximum Gasteiger partial charge on any atom is 0.279 e. The van der Waals surface area contributed by atoms with E-state index in [1.165, 1.54) is 0 Å². The number of hydrogen-bond acceptors (Lipinski definition) is 4. The smallest absolute Gasteiger partial charge is 0.250 e. The molecule has 0 saturated carbocycles. The SMILES string of the molecule is O=S(=O)(NCCc1nccs1)N1CCCCCC1. The van der Waals surface area contributed by atoms with Gasteiger partial charge in [-0.3, -0.25) is 0 Å². The summed E-state index contributed by atoms with van der Waals surface area (Å²) >= 11 is 1.55. The largest absolute Gasteiger partial charge is 0.279 e. The van der Waals surface area contributed by atoms with Crippen LogP contribution in [0.3, 0.4) is 0 Å². The van der Waals surface area contributed by atoms with Crippen LogP contribution in [0.4, 0.5) is 0 Å². The second-order valence-corrected chi connectivity index (χ2v) is 7.12. The molecule has 7 heteroatoms. The van der Waals surface area contributed by atoms with Crippen molar-refractivity contribution >= 4 is 21.5 Å². The van der Waals surface area contributed by atoms with Crippen LogP contribution in [-0.2, 0) is 16.6 Å². The summed E-state index contributed by atoms with van der Waals surface area (Å²) in [6.45, 7) is 1.71. The molecule has 0 aromatic carbocycles. The van der Waals surface area contributed by atoms with E-state index in [9.17, 15) is 8.42 Å². The molecule has 0 atom stereocenters. The Labute approximate surface area is 112 Å². The molecule has 2 heterocycles. The third kappa shape index (κ3) is 4.01. The van der Waals surface area contributed by atoms with Crippen molar-refractivity contribution in [1.82, 2.24) is 14.0 Å². The molecular weight excluding hydrogens is 270 g/mol. The summed E-state index contributed by atoms with van der Waals surface area (Å²) < 4.78 is 28.4. The summed E-state index contributed by atoms with van der Waals surface area (Å²) in [5, 5.41) is 2.87. The van der Waals surface area contributed by atoms with Gasteiger partial charge in [-0.2, -0.15) is 12.7 Å². The van der Waals surface area contributed by atoms with Crippen LogP contribution < -0.4 is 4.72 Å². The highest BCUT2D eigenvalue weighted by molar-refractivity contribution is 7.87. The van der Waals surface area contributed by atoms with E-state index < -0.39 is 10.2 Å². The summed E-state index contributed by atoms with van der Waals surface area (Å²) in [7, 11) is -3.30. The summed E-state index contributed by atoms with van der Waals surface area (Å²) in [5.74, 6) is 0. The molecule has 1 aromatic heterocycles. The van der Waals surface area contributed by atoms with Crippen LogP contribution in [-0.4, -0.2) is 37.3 Å². The minimum Gasteiger partial charge on any atom is -0.250 e. The van der Waals surface area contributed by atoms with E-state index in [4.69, 9.17) is 0 Å². The number of nitrogens with zero attached hydrogens (tertiary/aromatic N) is 2. The molecule has 18 heavy (non-hydrogen) atoms. The first-order valence-electron chi connectivity index (χ1n) is 6.31. The minimum absolute atomic E-state index is 0.423.